The fourth-order valence-electron chi connectivity index (χ4n) is 6.19. The number of aryl methyl sites for hydroxylation is 1. The second-order valence-electron chi connectivity index (χ2n) is 11.6. The molecule has 0 amide bonds. The van der Waals surface area contributed by atoms with E-state index in [4.69, 9.17) is 9.47 Å². The van der Waals surface area contributed by atoms with Gasteiger partial charge in [-0.05, 0) is 103 Å². The van der Waals surface area contributed by atoms with Crippen molar-refractivity contribution in [2.75, 3.05) is 13.7 Å². The molecular formula is C34H41N2O4-. The van der Waals surface area contributed by atoms with Gasteiger partial charge in [0.05, 0.1) is 7.11 Å². The number of carbonyl (C=O) groups excluding carboxylic acids is 1. The van der Waals surface area contributed by atoms with E-state index in [1.165, 1.54) is 16.7 Å². The predicted octanol–water partition coefficient (Wildman–Crippen LogP) is 5.93. The Kier molecular flexibility index (Phi) is 8.46. The summed E-state index contributed by atoms with van der Waals surface area (Å²) >= 11 is 0. The summed E-state index contributed by atoms with van der Waals surface area (Å²) in [5.41, 5.74) is 6.91. The largest absolute Gasteiger partial charge is 0.550 e. The highest BCUT2D eigenvalue weighted by atomic mass is 16.5. The summed E-state index contributed by atoms with van der Waals surface area (Å²) in [6, 6.07) is 17.5. The van der Waals surface area contributed by atoms with Crippen LogP contribution in [0.15, 0.2) is 54.7 Å². The number of hydrogen-bond donors (Lipinski definition) is 0. The van der Waals surface area contributed by atoms with Crippen LogP contribution >= 0.6 is 0 Å². The average molecular weight is 542 g/mol. The van der Waals surface area contributed by atoms with E-state index in [1.54, 1.807) is 20.2 Å². The number of ether oxygens (including phenoxy) is 2. The van der Waals surface area contributed by atoms with Crippen molar-refractivity contribution in [3.05, 3.63) is 77.0 Å². The van der Waals surface area contributed by atoms with E-state index in [0.717, 1.165) is 61.2 Å². The van der Waals surface area contributed by atoms with Crippen LogP contribution < -0.4 is 14.6 Å². The first kappa shape index (κ1) is 28.2. The lowest BCUT2D eigenvalue weighted by Crippen LogP contribution is -2.34. The van der Waals surface area contributed by atoms with Crippen LogP contribution in [0.5, 0.6) is 11.6 Å². The minimum atomic E-state index is -0.977. The molecule has 1 fully saturated rings. The van der Waals surface area contributed by atoms with Gasteiger partial charge >= 0.3 is 0 Å². The van der Waals surface area contributed by atoms with Gasteiger partial charge in [0.25, 0.3) is 0 Å². The van der Waals surface area contributed by atoms with Gasteiger partial charge in [-0.15, -0.1) is 0 Å². The third-order valence-electron chi connectivity index (χ3n) is 8.73. The SMILES string of the molecule is CCN(Cc1cc(C2CCc3ccc([C@H](C4CC4)[C@H](C)C(=O)[O-])cc3O2)ccc1-c1ccnc(OC)c1)C(C)C. The quantitative estimate of drug-likeness (QED) is 0.299. The van der Waals surface area contributed by atoms with Crippen LogP contribution in [0.2, 0.25) is 0 Å². The molecule has 2 aromatic carbocycles. The molecule has 1 unspecified atom stereocenters. The molecule has 2 heterocycles. The van der Waals surface area contributed by atoms with Crippen molar-refractivity contribution in [1.29, 1.82) is 0 Å². The van der Waals surface area contributed by atoms with E-state index < -0.39 is 11.9 Å². The highest BCUT2D eigenvalue weighted by Crippen LogP contribution is 2.48. The molecule has 6 heteroatoms. The molecule has 2 aliphatic rings. The first-order valence-corrected chi connectivity index (χ1v) is 14.7. The maximum absolute atomic E-state index is 11.8. The summed E-state index contributed by atoms with van der Waals surface area (Å²) in [6.45, 7) is 10.2. The van der Waals surface area contributed by atoms with Crippen molar-refractivity contribution in [2.45, 2.75) is 78.0 Å². The lowest BCUT2D eigenvalue weighted by molar-refractivity contribution is -0.311. The maximum Gasteiger partial charge on any atom is 0.213 e. The van der Waals surface area contributed by atoms with Crippen molar-refractivity contribution >= 4 is 5.97 Å². The molecule has 212 valence electrons. The first-order valence-electron chi connectivity index (χ1n) is 14.7. The van der Waals surface area contributed by atoms with E-state index in [1.807, 2.05) is 12.1 Å². The minimum Gasteiger partial charge on any atom is -0.550 e. The summed E-state index contributed by atoms with van der Waals surface area (Å²) in [7, 11) is 1.64. The number of nitrogens with zero attached hydrogens (tertiary/aromatic N) is 2. The Morgan fingerprint density at radius 2 is 1.90 bits per heavy atom. The van der Waals surface area contributed by atoms with Gasteiger partial charge in [-0.2, -0.15) is 0 Å². The van der Waals surface area contributed by atoms with Crippen molar-refractivity contribution in [1.82, 2.24) is 9.88 Å². The second-order valence-corrected chi connectivity index (χ2v) is 11.6. The van der Waals surface area contributed by atoms with Crippen LogP contribution in [0.3, 0.4) is 0 Å². The number of carboxylic acids is 1. The van der Waals surface area contributed by atoms with Crippen molar-refractivity contribution in [2.24, 2.45) is 11.8 Å². The van der Waals surface area contributed by atoms with Gasteiger partial charge in [0.1, 0.15) is 11.9 Å². The minimum absolute atomic E-state index is 0.0291. The monoisotopic (exact) mass is 541 g/mol. The van der Waals surface area contributed by atoms with Crippen LogP contribution in [0.25, 0.3) is 11.1 Å². The number of carboxylic acid groups (broad SMARTS) is 1. The second kappa shape index (κ2) is 12.0. The number of carbonyl (C=O) groups is 1. The smallest absolute Gasteiger partial charge is 0.213 e. The van der Waals surface area contributed by atoms with E-state index in [0.29, 0.717) is 17.8 Å². The number of pyridine rings is 1. The molecule has 1 saturated carbocycles. The number of aliphatic carboxylic acids is 1. The Labute approximate surface area is 238 Å². The van der Waals surface area contributed by atoms with Crippen LogP contribution in [0.4, 0.5) is 0 Å². The molecular weight excluding hydrogens is 500 g/mol. The Morgan fingerprint density at radius 3 is 2.58 bits per heavy atom. The summed E-state index contributed by atoms with van der Waals surface area (Å²) < 4.78 is 12.1. The maximum atomic E-state index is 11.8. The van der Waals surface area contributed by atoms with Crippen LogP contribution in [0.1, 0.15) is 81.2 Å². The molecule has 0 saturated heterocycles. The number of hydrogen-bond acceptors (Lipinski definition) is 6. The molecule has 1 aromatic heterocycles. The molecule has 0 spiro atoms. The van der Waals surface area contributed by atoms with Crippen LogP contribution in [0, 0.1) is 11.8 Å². The van der Waals surface area contributed by atoms with Gasteiger partial charge in [0.2, 0.25) is 5.88 Å². The standard InChI is InChI=1S/C34H42N2O4/c1-6-36(21(2)3)20-28-17-26(11-13-29(28)25-15-16-35-32(19-25)39-5)30-14-12-23-7-10-27(18-31(23)40-30)33(24-8-9-24)22(4)34(37)38/h7,10-11,13,15-19,21-22,24,30,33H,6,8-9,12,14,20H2,1-5H3,(H,37,38)/p-1/t22-,30?,33-/m0/s1. The molecule has 5 rings (SSSR count). The normalized spacial score (nSPS) is 18.2. The topological polar surface area (TPSA) is 74.7 Å². The number of rotatable bonds is 11. The average Bonchev–Trinajstić information content (AvgIpc) is 3.80. The van der Waals surface area contributed by atoms with Crippen molar-refractivity contribution < 1.29 is 19.4 Å². The van der Waals surface area contributed by atoms with Gasteiger partial charge in [-0.1, -0.05) is 44.2 Å². The van der Waals surface area contributed by atoms with Gasteiger partial charge in [0, 0.05) is 36.7 Å². The Balaban J connectivity index is 1.46. The third kappa shape index (κ3) is 6.02. The Morgan fingerprint density at radius 1 is 1.10 bits per heavy atom. The molecule has 3 aromatic rings. The molecule has 3 atom stereocenters. The zero-order valence-electron chi connectivity index (χ0n) is 24.4. The first-order chi connectivity index (χ1) is 19.3. The van der Waals surface area contributed by atoms with Crippen LogP contribution in [-0.2, 0) is 17.8 Å². The van der Waals surface area contributed by atoms with Gasteiger partial charge in [0.15, 0.2) is 0 Å². The molecule has 0 radical (unpaired) electrons. The lowest BCUT2D eigenvalue weighted by Gasteiger charge is -2.31. The molecule has 0 bridgehead atoms. The zero-order chi connectivity index (χ0) is 28.4. The fourth-order valence-corrected chi connectivity index (χ4v) is 6.19. The lowest BCUT2D eigenvalue weighted by atomic mass is 9.82. The third-order valence-corrected chi connectivity index (χ3v) is 8.73. The predicted molar refractivity (Wildman–Crippen MR) is 155 cm³/mol. The molecule has 1 aliphatic carbocycles. The van der Waals surface area contributed by atoms with Crippen molar-refractivity contribution in [3.8, 4) is 22.8 Å². The number of benzene rings is 2. The van der Waals surface area contributed by atoms with E-state index in [2.05, 4.69) is 67.1 Å². The fraction of sp³-hybridized carbons (Fsp3) is 0.471. The Hall–Kier alpha value is -3.38. The Bertz CT molecular complexity index is 1350. The van der Waals surface area contributed by atoms with Crippen molar-refractivity contribution in [3.63, 3.8) is 0 Å². The summed E-state index contributed by atoms with van der Waals surface area (Å²) in [6.07, 6.45) is 5.71. The summed E-state index contributed by atoms with van der Waals surface area (Å²) in [5.74, 6) is 0.369. The molecule has 40 heavy (non-hydrogen) atoms. The van der Waals surface area contributed by atoms with E-state index in [9.17, 15) is 9.90 Å². The summed E-state index contributed by atoms with van der Waals surface area (Å²) in [5, 5.41) is 11.8. The molecule has 1 aliphatic heterocycles. The van der Waals surface area contributed by atoms with E-state index >= 15 is 0 Å². The number of fused-ring (bicyclic) bond motifs is 1. The van der Waals surface area contributed by atoms with E-state index in [-0.39, 0.29) is 12.0 Å². The molecule has 6 nitrogen and oxygen atoms in total. The van der Waals surface area contributed by atoms with Gasteiger partial charge < -0.3 is 19.4 Å². The zero-order valence-corrected chi connectivity index (χ0v) is 24.4. The number of methoxy groups -OCH3 is 1. The number of aromatic nitrogens is 1. The highest BCUT2D eigenvalue weighted by Gasteiger charge is 2.37. The molecule has 0 N–H and O–H groups in total. The highest BCUT2D eigenvalue weighted by molar-refractivity contribution is 5.69. The van der Waals surface area contributed by atoms with Gasteiger partial charge in [-0.25, -0.2) is 4.98 Å². The van der Waals surface area contributed by atoms with Gasteiger partial charge in [-0.3, -0.25) is 4.90 Å². The summed E-state index contributed by atoms with van der Waals surface area (Å²) in [4.78, 5) is 18.5. The van der Waals surface area contributed by atoms with Crippen LogP contribution in [-0.4, -0.2) is 35.5 Å².